The van der Waals surface area contributed by atoms with Gasteiger partial charge in [0.15, 0.2) is 5.43 Å². The third-order valence-corrected chi connectivity index (χ3v) is 4.68. The summed E-state index contributed by atoms with van der Waals surface area (Å²) in [6, 6.07) is 10.1. The molecule has 0 aliphatic carbocycles. The maximum Gasteiger partial charge on any atom is 0.337 e. The Morgan fingerprint density at radius 2 is 2.00 bits per heavy atom. The molecule has 0 radical (unpaired) electrons. The van der Waals surface area contributed by atoms with Crippen LogP contribution >= 0.6 is 11.3 Å². The van der Waals surface area contributed by atoms with Crippen LogP contribution in [0.1, 0.15) is 24.2 Å². The Morgan fingerprint density at radius 1 is 1.22 bits per heavy atom. The van der Waals surface area contributed by atoms with E-state index < -0.39 is 5.97 Å². The van der Waals surface area contributed by atoms with Crippen LogP contribution in [0.3, 0.4) is 0 Å². The van der Waals surface area contributed by atoms with Crippen LogP contribution in [0, 0.1) is 5.92 Å². The van der Waals surface area contributed by atoms with Crippen LogP contribution in [-0.4, -0.2) is 17.7 Å². The Balaban J connectivity index is 2.23. The van der Waals surface area contributed by atoms with Gasteiger partial charge in [0.05, 0.1) is 16.9 Å². The Hall–Kier alpha value is -2.40. The molecule has 3 rings (SSSR count). The van der Waals surface area contributed by atoms with Crippen molar-refractivity contribution in [3.05, 3.63) is 52.2 Å². The molecule has 0 atom stereocenters. The fourth-order valence-electron chi connectivity index (χ4n) is 2.38. The number of benzene rings is 2. The first-order valence-corrected chi connectivity index (χ1v) is 8.14. The van der Waals surface area contributed by atoms with E-state index >= 15 is 0 Å². The fraction of sp³-hybridized carbons (Fsp3) is 0.222. The summed E-state index contributed by atoms with van der Waals surface area (Å²) >= 11 is 1.31. The van der Waals surface area contributed by atoms with Crippen molar-refractivity contribution in [2.24, 2.45) is 5.92 Å². The average Bonchev–Trinajstić information content (AvgIpc) is 2.52. The van der Waals surface area contributed by atoms with Crippen molar-refractivity contribution in [1.82, 2.24) is 0 Å². The summed E-state index contributed by atoms with van der Waals surface area (Å²) in [5.41, 5.74) is 0.00672. The quantitative estimate of drug-likeness (QED) is 0.731. The van der Waals surface area contributed by atoms with E-state index in [-0.39, 0.29) is 11.0 Å². The van der Waals surface area contributed by atoms with Crippen LogP contribution in [-0.2, 0) is 0 Å². The molecule has 0 amide bonds. The van der Waals surface area contributed by atoms with Gasteiger partial charge in [-0.05, 0) is 36.2 Å². The first-order valence-electron chi connectivity index (χ1n) is 7.33. The normalized spacial score (nSPS) is 11.3. The first kappa shape index (κ1) is 15.5. The summed E-state index contributed by atoms with van der Waals surface area (Å²) < 4.78 is 6.93. The second-order valence-corrected chi connectivity index (χ2v) is 6.83. The number of carbonyl (C=O) groups is 1. The van der Waals surface area contributed by atoms with Crippen molar-refractivity contribution in [2.45, 2.75) is 13.8 Å². The highest BCUT2D eigenvalue weighted by molar-refractivity contribution is 7.24. The predicted molar refractivity (Wildman–Crippen MR) is 92.9 cm³/mol. The smallest absolute Gasteiger partial charge is 0.337 e. The zero-order valence-electron chi connectivity index (χ0n) is 12.8. The van der Waals surface area contributed by atoms with Gasteiger partial charge in [-0.15, -0.1) is 11.3 Å². The highest BCUT2D eigenvalue weighted by Crippen LogP contribution is 2.30. The van der Waals surface area contributed by atoms with E-state index in [2.05, 4.69) is 13.8 Å². The molecule has 4 nitrogen and oxygen atoms in total. The molecule has 118 valence electrons. The van der Waals surface area contributed by atoms with Crippen molar-refractivity contribution in [2.75, 3.05) is 6.61 Å². The Bertz CT molecular complexity index is 956. The second-order valence-electron chi connectivity index (χ2n) is 5.78. The van der Waals surface area contributed by atoms with Gasteiger partial charge in [0.25, 0.3) is 0 Å². The standard InChI is InChI=1S/C18H16O4S/c1-10(2)9-22-11-6-7-12-15(8-11)23-17-13(16(12)19)4-3-5-14(17)18(20)21/h3-8,10H,9H2,1-2H3,(H,20,21). The number of hydrogen-bond donors (Lipinski definition) is 1. The Morgan fingerprint density at radius 3 is 2.70 bits per heavy atom. The molecule has 23 heavy (non-hydrogen) atoms. The highest BCUT2D eigenvalue weighted by atomic mass is 32.1. The number of hydrogen-bond acceptors (Lipinski definition) is 4. The van der Waals surface area contributed by atoms with Crippen molar-refractivity contribution in [3.8, 4) is 5.75 Å². The fourth-order valence-corrected chi connectivity index (χ4v) is 3.58. The molecule has 1 aromatic heterocycles. The van der Waals surface area contributed by atoms with Crippen molar-refractivity contribution < 1.29 is 14.6 Å². The minimum atomic E-state index is -1.03. The van der Waals surface area contributed by atoms with Gasteiger partial charge in [0.1, 0.15) is 5.75 Å². The number of carboxylic acids is 1. The summed E-state index contributed by atoms with van der Waals surface area (Å²) in [7, 11) is 0. The molecule has 0 spiro atoms. The minimum absolute atomic E-state index is 0.146. The third kappa shape index (κ3) is 2.92. The molecule has 1 heterocycles. The summed E-state index contributed by atoms with van der Waals surface area (Å²) in [5.74, 6) is 0.0616. The lowest BCUT2D eigenvalue weighted by Gasteiger charge is -2.10. The van der Waals surface area contributed by atoms with Gasteiger partial charge in [0, 0.05) is 15.5 Å². The topological polar surface area (TPSA) is 63.6 Å². The lowest BCUT2D eigenvalue weighted by molar-refractivity contribution is 0.0699. The average molecular weight is 328 g/mol. The summed E-state index contributed by atoms with van der Waals surface area (Å²) in [4.78, 5) is 24.0. The molecule has 0 aliphatic heterocycles. The number of ether oxygens (including phenoxy) is 1. The minimum Gasteiger partial charge on any atom is -0.493 e. The molecule has 0 saturated carbocycles. The molecule has 2 aromatic carbocycles. The van der Waals surface area contributed by atoms with Crippen LogP contribution < -0.4 is 10.2 Å². The van der Waals surface area contributed by atoms with Crippen LogP contribution in [0.25, 0.3) is 20.2 Å². The van der Waals surface area contributed by atoms with E-state index in [9.17, 15) is 14.7 Å². The molecule has 0 unspecified atom stereocenters. The van der Waals surface area contributed by atoms with Gasteiger partial charge in [-0.3, -0.25) is 4.79 Å². The van der Waals surface area contributed by atoms with Gasteiger partial charge in [-0.1, -0.05) is 19.9 Å². The number of rotatable bonds is 4. The van der Waals surface area contributed by atoms with E-state index in [1.54, 1.807) is 24.3 Å². The van der Waals surface area contributed by atoms with Crippen LogP contribution in [0.4, 0.5) is 0 Å². The van der Waals surface area contributed by atoms with E-state index in [0.29, 0.717) is 33.7 Å². The van der Waals surface area contributed by atoms with E-state index in [0.717, 1.165) is 4.70 Å². The third-order valence-electron chi connectivity index (χ3n) is 3.48. The highest BCUT2D eigenvalue weighted by Gasteiger charge is 2.13. The van der Waals surface area contributed by atoms with Gasteiger partial charge in [-0.2, -0.15) is 0 Å². The number of carboxylic acid groups (broad SMARTS) is 1. The molecule has 0 bridgehead atoms. The SMILES string of the molecule is CC(C)COc1ccc2c(=O)c3cccc(C(=O)O)c3sc2c1. The molecule has 1 N–H and O–H groups in total. The maximum absolute atomic E-state index is 12.6. The maximum atomic E-state index is 12.6. The van der Waals surface area contributed by atoms with E-state index in [1.807, 2.05) is 6.07 Å². The largest absolute Gasteiger partial charge is 0.493 e. The van der Waals surface area contributed by atoms with Gasteiger partial charge in [0.2, 0.25) is 0 Å². The van der Waals surface area contributed by atoms with Crippen LogP contribution in [0.5, 0.6) is 5.75 Å². The van der Waals surface area contributed by atoms with Crippen molar-refractivity contribution >= 4 is 37.5 Å². The monoisotopic (exact) mass is 328 g/mol. The van der Waals surface area contributed by atoms with Gasteiger partial charge in [-0.25, -0.2) is 4.79 Å². The second kappa shape index (κ2) is 6.01. The van der Waals surface area contributed by atoms with Crippen LogP contribution in [0.2, 0.25) is 0 Å². The predicted octanol–water partition coefficient (Wildman–Crippen LogP) is 4.15. The molecule has 5 heteroatoms. The molecular formula is C18H16O4S. The Kier molecular flexibility index (Phi) is 4.05. The first-order chi connectivity index (χ1) is 11.0. The molecule has 0 aliphatic rings. The summed E-state index contributed by atoms with van der Waals surface area (Å²) in [6.07, 6.45) is 0. The van der Waals surface area contributed by atoms with E-state index in [1.165, 1.54) is 17.4 Å². The zero-order chi connectivity index (χ0) is 16.6. The number of fused-ring (bicyclic) bond motifs is 2. The molecule has 0 fully saturated rings. The van der Waals surface area contributed by atoms with E-state index in [4.69, 9.17) is 4.74 Å². The summed E-state index contributed by atoms with van der Waals surface area (Å²) in [6.45, 7) is 4.71. The van der Waals surface area contributed by atoms with Crippen LogP contribution in [0.15, 0.2) is 41.2 Å². The molecule has 3 aromatic rings. The van der Waals surface area contributed by atoms with Gasteiger partial charge >= 0.3 is 5.97 Å². The lowest BCUT2D eigenvalue weighted by atomic mass is 10.1. The lowest BCUT2D eigenvalue weighted by Crippen LogP contribution is -2.06. The molecule has 0 saturated heterocycles. The zero-order valence-corrected chi connectivity index (χ0v) is 13.6. The molecular weight excluding hydrogens is 312 g/mol. The van der Waals surface area contributed by atoms with Crippen molar-refractivity contribution in [3.63, 3.8) is 0 Å². The van der Waals surface area contributed by atoms with Crippen molar-refractivity contribution in [1.29, 1.82) is 0 Å². The van der Waals surface area contributed by atoms with Gasteiger partial charge < -0.3 is 9.84 Å². The number of aromatic carboxylic acids is 1. The Labute approximate surface area is 137 Å². The summed E-state index contributed by atoms with van der Waals surface area (Å²) in [5, 5.41) is 10.4.